The monoisotopic (exact) mass is 248 g/mol. The average molecular weight is 248 g/mol. The van der Waals surface area contributed by atoms with Gasteiger partial charge in [-0.2, -0.15) is 0 Å². The van der Waals surface area contributed by atoms with Crippen LogP contribution in [-0.2, 0) is 18.3 Å². The van der Waals surface area contributed by atoms with Gasteiger partial charge in [-0.05, 0) is 55.6 Å². The summed E-state index contributed by atoms with van der Waals surface area (Å²) in [5.41, 5.74) is 2.39. The summed E-state index contributed by atoms with van der Waals surface area (Å²) in [6, 6.07) is 2.57. The summed E-state index contributed by atoms with van der Waals surface area (Å²) < 4.78 is 0. The van der Waals surface area contributed by atoms with Crippen molar-refractivity contribution >= 4 is 11.3 Å². The fourth-order valence-electron chi connectivity index (χ4n) is 3.94. The van der Waals surface area contributed by atoms with Gasteiger partial charge in [0.15, 0.2) is 0 Å². The predicted molar refractivity (Wildman–Crippen MR) is 76.0 cm³/mol. The van der Waals surface area contributed by atoms with Crippen LogP contribution in [0, 0.1) is 0 Å². The molecule has 1 fully saturated rings. The Balaban J connectivity index is 1.98. The first kappa shape index (κ1) is 11.8. The van der Waals surface area contributed by atoms with Crippen LogP contribution in [0.25, 0.3) is 0 Å². The van der Waals surface area contributed by atoms with Crippen LogP contribution < -0.4 is 0 Å². The van der Waals surface area contributed by atoms with Gasteiger partial charge in [-0.25, -0.2) is 0 Å². The van der Waals surface area contributed by atoms with Crippen molar-refractivity contribution in [3.8, 4) is 0 Å². The predicted octanol–water partition coefficient (Wildman–Crippen LogP) is 5.24. The van der Waals surface area contributed by atoms with Gasteiger partial charge in [0, 0.05) is 9.75 Å². The lowest BCUT2D eigenvalue weighted by atomic mass is 9.68. The van der Waals surface area contributed by atoms with E-state index in [1.807, 2.05) is 0 Å². The van der Waals surface area contributed by atoms with E-state index in [1.54, 1.807) is 15.3 Å². The molecule has 0 aliphatic heterocycles. The lowest BCUT2D eigenvalue weighted by molar-refractivity contribution is 0.319. The van der Waals surface area contributed by atoms with Crippen LogP contribution in [0.5, 0.6) is 0 Å². The molecule has 17 heavy (non-hydrogen) atoms. The second-order valence-corrected chi connectivity index (χ2v) is 7.17. The second kappa shape index (κ2) is 4.76. The first-order valence-electron chi connectivity index (χ1n) is 7.46. The topological polar surface area (TPSA) is 0 Å². The molecule has 0 amide bonds. The summed E-state index contributed by atoms with van der Waals surface area (Å²) in [6.07, 6.45) is 14.3. The fraction of sp³-hybridized carbons (Fsp3) is 0.750. The summed E-state index contributed by atoms with van der Waals surface area (Å²) >= 11 is 2.11. The molecule has 2 aliphatic rings. The van der Waals surface area contributed by atoms with Crippen molar-refractivity contribution in [3.05, 3.63) is 21.4 Å². The Morgan fingerprint density at radius 3 is 2.47 bits per heavy atom. The number of thiophene rings is 1. The van der Waals surface area contributed by atoms with E-state index in [4.69, 9.17) is 0 Å². The highest BCUT2D eigenvalue weighted by Gasteiger charge is 2.37. The summed E-state index contributed by atoms with van der Waals surface area (Å²) in [5, 5.41) is 0. The number of hydrogen-bond donors (Lipinski definition) is 0. The second-order valence-electron chi connectivity index (χ2n) is 5.95. The van der Waals surface area contributed by atoms with Gasteiger partial charge in [0.2, 0.25) is 0 Å². The zero-order chi connectivity index (χ0) is 11.7. The van der Waals surface area contributed by atoms with Gasteiger partial charge in [0.25, 0.3) is 0 Å². The quantitative estimate of drug-likeness (QED) is 0.637. The normalized spacial score (nSPS) is 23.4. The SMILES string of the molecule is CCc1cc2c(s1)CCCC21CCCCCC1. The van der Waals surface area contributed by atoms with Gasteiger partial charge < -0.3 is 0 Å². The maximum Gasteiger partial charge on any atom is 0.00858 e. The van der Waals surface area contributed by atoms with E-state index in [-0.39, 0.29) is 0 Å². The van der Waals surface area contributed by atoms with Crippen molar-refractivity contribution < 1.29 is 0 Å². The highest BCUT2D eigenvalue weighted by atomic mass is 32.1. The van der Waals surface area contributed by atoms with Crippen molar-refractivity contribution in [1.82, 2.24) is 0 Å². The van der Waals surface area contributed by atoms with Gasteiger partial charge >= 0.3 is 0 Å². The van der Waals surface area contributed by atoms with Crippen molar-refractivity contribution in [2.45, 2.75) is 76.5 Å². The van der Waals surface area contributed by atoms with Gasteiger partial charge in [-0.3, -0.25) is 0 Å². The van der Waals surface area contributed by atoms with Crippen LogP contribution in [-0.4, -0.2) is 0 Å². The molecule has 94 valence electrons. The van der Waals surface area contributed by atoms with Crippen LogP contribution in [0.1, 0.15) is 73.6 Å². The summed E-state index contributed by atoms with van der Waals surface area (Å²) in [6.45, 7) is 2.30. The minimum atomic E-state index is 0.605. The molecule has 1 heterocycles. The maximum absolute atomic E-state index is 2.57. The van der Waals surface area contributed by atoms with Crippen LogP contribution in [0.3, 0.4) is 0 Å². The first-order chi connectivity index (χ1) is 8.34. The van der Waals surface area contributed by atoms with Crippen molar-refractivity contribution in [2.24, 2.45) is 0 Å². The molecule has 0 aromatic carbocycles. The van der Waals surface area contributed by atoms with E-state index < -0.39 is 0 Å². The summed E-state index contributed by atoms with van der Waals surface area (Å²) in [4.78, 5) is 3.37. The molecular formula is C16H24S. The summed E-state index contributed by atoms with van der Waals surface area (Å²) in [5.74, 6) is 0. The largest absolute Gasteiger partial charge is 0.145 e. The van der Waals surface area contributed by atoms with E-state index in [9.17, 15) is 0 Å². The van der Waals surface area contributed by atoms with E-state index in [2.05, 4.69) is 24.3 Å². The van der Waals surface area contributed by atoms with Crippen molar-refractivity contribution in [1.29, 1.82) is 0 Å². The van der Waals surface area contributed by atoms with E-state index in [0.717, 1.165) is 0 Å². The molecule has 0 unspecified atom stereocenters. The third-order valence-corrected chi connectivity index (χ3v) is 6.24. The number of fused-ring (bicyclic) bond motifs is 2. The lowest BCUT2D eigenvalue weighted by Crippen LogP contribution is -2.29. The third kappa shape index (κ3) is 2.07. The Morgan fingerprint density at radius 1 is 1.06 bits per heavy atom. The maximum atomic E-state index is 2.57. The molecule has 3 rings (SSSR count). The Hall–Kier alpha value is -0.300. The molecule has 0 nitrogen and oxygen atoms in total. The highest BCUT2D eigenvalue weighted by molar-refractivity contribution is 7.12. The molecule has 0 atom stereocenters. The Labute approximate surface area is 109 Å². The average Bonchev–Trinajstić information content (AvgIpc) is 2.65. The molecule has 1 saturated carbocycles. The molecule has 2 aliphatic carbocycles. The Bertz CT molecular complexity index is 380. The van der Waals surface area contributed by atoms with Crippen LogP contribution in [0.4, 0.5) is 0 Å². The number of rotatable bonds is 1. The molecular weight excluding hydrogens is 224 g/mol. The van der Waals surface area contributed by atoms with Gasteiger partial charge in [0.1, 0.15) is 0 Å². The number of aryl methyl sites for hydroxylation is 2. The molecule has 1 aromatic heterocycles. The fourth-order valence-corrected chi connectivity index (χ4v) is 5.21. The standard InChI is InChI=1S/C16H24S/c1-2-13-12-14-15(17-13)8-7-11-16(14)9-5-3-4-6-10-16/h12H,2-11H2,1H3. The Morgan fingerprint density at radius 2 is 1.76 bits per heavy atom. The van der Waals surface area contributed by atoms with Gasteiger partial charge in [0.05, 0.1) is 0 Å². The molecule has 0 bridgehead atoms. The zero-order valence-corrected chi connectivity index (χ0v) is 11.9. The summed E-state index contributed by atoms with van der Waals surface area (Å²) in [7, 11) is 0. The van der Waals surface area contributed by atoms with Crippen LogP contribution >= 0.6 is 11.3 Å². The Kier molecular flexibility index (Phi) is 3.30. The van der Waals surface area contributed by atoms with Gasteiger partial charge in [-0.15, -0.1) is 11.3 Å². The molecule has 1 heteroatoms. The molecule has 0 saturated heterocycles. The zero-order valence-electron chi connectivity index (χ0n) is 11.1. The smallest absolute Gasteiger partial charge is 0.00858 e. The lowest BCUT2D eigenvalue weighted by Gasteiger charge is -2.37. The minimum absolute atomic E-state index is 0.605. The first-order valence-corrected chi connectivity index (χ1v) is 8.28. The van der Waals surface area contributed by atoms with Crippen molar-refractivity contribution in [2.75, 3.05) is 0 Å². The molecule has 0 radical (unpaired) electrons. The molecule has 0 N–H and O–H groups in total. The van der Waals surface area contributed by atoms with Gasteiger partial charge in [-0.1, -0.05) is 32.6 Å². The van der Waals surface area contributed by atoms with Crippen LogP contribution in [0.15, 0.2) is 6.07 Å². The van der Waals surface area contributed by atoms with E-state index >= 15 is 0 Å². The third-order valence-electron chi connectivity index (χ3n) is 4.90. The van der Waals surface area contributed by atoms with Crippen molar-refractivity contribution in [3.63, 3.8) is 0 Å². The van der Waals surface area contributed by atoms with E-state index in [1.165, 1.54) is 64.2 Å². The van der Waals surface area contributed by atoms with Crippen LogP contribution in [0.2, 0.25) is 0 Å². The minimum Gasteiger partial charge on any atom is -0.145 e. The number of hydrogen-bond acceptors (Lipinski definition) is 1. The molecule has 1 aromatic rings. The van der Waals surface area contributed by atoms with E-state index in [0.29, 0.717) is 5.41 Å². The highest BCUT2D eigenvalue weighted by Crippen LogP contribution is 2.48. The molecule has 1 spiro atoms.